The van der Waals surface area contributed by atoms with E-state index in [1.54, 1.807) is 0 Å². The number of hydrogen-bond acceptors (Lipinski definition) is 3. The van der Waals surface area contributed by atoms with Crippen LogP contribution in [-0.4, -0.2) is 27.1 Å². The van der Waals surface area contributed by atoms with Crippen LogP contribution in [0.25, 0.3) is 10.9 Å². The van der Waals surface area contributed by atoms with E-state index in [1.807, 2.05) is 27.8 Å². The van der Waals surface area contributed by atoms with Gasteiger partial charge < -0.3 is 9.30 Å². The summed E-state index contributed by atoms with van der Waals surface area (Å²) in [4.78, 5) is 15.0. The maximum atomic E-state index is 12.6. The summed E-state index contributed by atoms with van der Waals surface area (Å²) in [5.74, 6) is -0.223. The molecule has 1 aromatic heterocycles. The fourth-order valence-electron chi connectivity index (χ4n) is 3.46. The van der Waals surface area contributed by atoms with Crippen LogP contribution in [0.1, 0.15) is 61.8 Å². The summed E-state index contributed by atoms with van der Waals surface area (Å²) in [6, 6.07) is 4.44. The molecule has 0 amide bonds. The number of fused-ring (bicyclic) bond motifs is 2. The van der Waals surface area contributed by atoms with Gasteiger partial charge in [-0.15, -0.1) is 0 Å². The number of benzene rings is 1. The Morgan fingerprint density at radius 1 is 1.17 bits per heavy atom. The molecule has 0 atom stereocenters. The van der Waals surface area contributed by atoms with Gasteiger partial charge in [0.25, 0.3) is 0 Å². The van der Waals surface area contributed by atoms with Gasteiger partial charge in [0.05, 0.1) is 11.7 Å². The van der Waals surface area contributed by atoms with Gasteiger partial charge in [0.1, 0.15) is 0 Å². The lowest BCUT2D eigenvalue weighted by Crippen LogP contribution is -2.36. The second kappa shape index (κ2) is 5.62. The van der Waals surface area contributed by atoms with Crippen molar-refractivity contribution in [3.05, 3.63) is 34.5 Å². The Morgan fingerprint density at radius 3 is 2.29 bits per heavy atom. The molecule has 4 nitrogen and oxygen atoms in total. The van der Waals surface area contributed by atoms with Gasteiger partial charge in [-0.2, -0.15) is 0 Å². The van der Waals surface area contributed by atoms with Crippen LogP contribution < -0.4 is 0 Å². The first-order valence-electron chi connectivity index (χ1n) is 8.66. The van der Waals surface area contributed by atoms with Crippen LogP contribution in [0.15, 0.2) is 12.1 Å². The van der Waals surface area contributed by atoms with Crippen LogP contribution in [0.2, 0.25) is 0 Å². The summed E-state index contributed by atoms with van der Waals surface area (Å²) in [6.45, 7) is 14.4. The second-order valence-electron chi connectivity index (χ2n) is 8.14. The third kappa shape index (κ3) is 2.73. The number of carbonyl (C=O) groups excluding carboxylic acids is 1. The molecule has 4 heteroatoms. The van der Waals surface area contributed by atoms with Crippen LogP contribution in [0.3, 0.4) is 0 Å². The number of ether oxygens (including phenoxy) is 1. The van der Waals surface area contributed by atoms with Gasteiger partial charge in [-0.1, -0.05) is 0 Å². The Labute approximate surface area is 144 Å². The minimum absolute atomic E-state index is 0.113. The number of nitrogens with zero attached hydrogens (tertiary/aromatic N) is 2. The van der Waals surface area contributed by atoms with Crippen molar-refractivity contribution in [2.24, 2.45) is 7.05 Å². The Hall–Kier alpha value is -1.81. The fourth-order valence-corrected chi connectivity index (χ4v) is 3.46. The van der Waals surface area contributed by atoms with E-state index in [2.05, 4.69) is 42.4 Å². The zero-order valence-electron chi connectivity index (χ0n) is 15.9. The minimum Gasteiger partial charge on any atom is -0.459 e. The lowest BCUT2D eigenvalue weighted by atomic mass is 10.0. The van der Waals surface area contributed by atoms with Gasteiger partial charge in [-0.25, -0.2) is 4.79 Å². The third-order valence-electron chi connectivity index (χ3n) is 5.03. The smallest absolute Gasteiger partial charge is 0.340 e. The lowest BCUT2D eigenvalue weighted by Gasteiger charge is -2.31. The molecule has 0 N–H and O–H groups in total. The monoisotopic (exact) mass is 328 g/mol. The van der Waals surface area contributed by atoms with Crippen LogP contribution in [0, 0.1) is 6.92 Å². The van der Waals surface area contributed by atoms with Gasteiger partial charge in [-0.3, -0.25) is 4.90 Å². The van der Waals surface area contributed by atoms with E-state index in [0.29, 0.717) is 5.56 Å². The highest BCUT2D eigenvalue weighted by Crippen LogP contribution is 2.35. The van der Waals surface area contributed by atoms with Crippen LogP contribution in [0.5, 0.6) is 0 Å². The number of aryl methyl sites for hydroxylation is 1. The fraction of sp³-hybridized carbons (Fsp3) is 0.550. The maximum absolute atomic E-state index is 12.6. The summed E-state index contributed by atoms with van der Waals surface area (Å²) >= 11 is 0. The third-order valence-corrected chi connectivity index (χ3v) is 5.03. The number of esters is 1. The number of hydrogen-bond donors (Lipinski definition) is 0. The highest BCUT2D eigenvalue weighted by molar-refractivity contribution is 6.06. The Balaban J connectivity index is 2.11. The van der Waals surface area contributed by atoms with E-state index in [0.717, 1.165) is 29.7 Å². The summed E-state index contributed by atoms with van der Waals surface area (Å²) < 4.78 is 7.57. The van der Waals surface area contributed by atoms with E-state index >= 15 is 0 Å². The first kappa shape index (κ1) is 17.0. The molecule has 2 aromatic rings. The van der Waals surface area contributed by atoms with Gasteiger partial charge in [0.15, 0.2) is 0 Å². The Kier molecular flexibility index (Phi) is 3.99. The summed E-state index contributed by atoms with van der Waals surface area (Å²) in [5.41, 5.74) is 5.60. The zero-order valence-corrected chi connectivity index (χ0v) is 15.9. The molecule has 1 aliphatic rings. The minimum atomic E-state index is -0.223. The quantitative estimate of drug-likeness (QED) is 0.776. The van der Waals surface area contributed by atoms with Crippen molar-refractivity contribution in [2.75, 3.05) is 0 Å². The molecular weight excluding hydrogens is 300 g/mol. The highest BCUT2D eigenvalue weighted by Gasteiger charge is 2.30. The number of aromatic nitrogens is 1. The van der Waals surface area contributed by atoms with Gasteiger partial charge in [0.2, 0.25) is 0 Å². The van der Waals surface area contributed by atoms with Crippen molar-refractivity contribution in [1.29, 1.82) is 0 Å². The first-order chi connectivity index (χ1) is 11.1. The molecule has 24 heavy (non-hydrogen) atoms. The van der Waals surface area contributed by atoms with E-state index in [9.17, 15) is 4.79 Å². The first-order valence-corrected chi connectivity index (χ1v) is 8.66. The lowest BCUT2D eigenvalue weighted by molar-refractivity contribution is 0.0379. The average molecular weight is 328 g/mol. The van der Waals surface area contributed by atoms with Crippen LogP contribution in [-0.2, 0) is 24.9 Å². The summed E-state index contributed by atoms with van der Waals surface area (Å²) in [7, 11) is 2.02. The molecule has 0 aliphatic carbocycles. The van der Waals surface area contributed by atoms with Crippen molar-refractivity contribution < 1.29 is 9.53 Å². The number of rotatable bonds is 2. The van der Waals surface area contributed by atoms with E-state index in [-0.39, 0.29) is 17.6 Å². The molecule has 0 fully saturated rings. The molecule has 2 heterocycles. The molecule has 0 saturated carbocycles. The SMILES string of the molecule is Cc1c(C(=O)OC(C)C)c2cc3c(cc2n1C)CN(C(C)(C)C)C3. The standard InChI is InChI=1S/C20H28N2O2/c1-12(2)24-19(23)18-13(3)21(7)17-9-15-11-22(20(4,5)6)10-14(15)8-16(17)18/h8-9,12H,10-11H2,1-7H3. The predicted octanol–water partition coefficient (Wildman–Crippen LogP) is 4.17. The van der Waals surface area contributed by atoms with Crippen molar-refractivity contribution >= 4 is 16.9 Å². The molecule has 1 aliphatic heterocycles. The maximum Gasteiger partial charge on any atom is 0.340 e. The molecule has 3 rings (SSSR count). The van der Waals surface area contributed by atoms with Gasteiger partial charge >= 0.3 is 5.97 Å². The summed E-state index contributed by atoms with van der Waals surface area (Å²) in [5, 5.41) is 1.01. The molecular formula is C20H28N2O2. The Morgan fingerprint density at radius 2 is 1.75 bits per heavy atom. The molecule has 0 bridgehead atoms. The zero-order chi connectivity index (χ0) is 17.8. The van der Waals surface area contributed by atoms with Gasteiger partial charge in [-0.05, 0) is 64.8 Å². The predicted molar refractivity (Wildman–Crippen MR) is 97.2 cm³/mol. The number of carbonyl (C=O) groups is 1. The largest absolute Gasteiger partial charge is 0.459 e. The Bertz CT molecular complexity index is 809. The normalized spacial score (nSPS) is 15.3. The van der Waals surface area contributed by atoms with Crippen molar-refractivity contribution in [3.8, 4) is 0 Å². The topological polar surface area (TPSA) is 34.5 Å². The van der Waals surface area contributed by atoms with E-state index in [4.69, 9.17) is 4.74 Å². The van der Waals surface area contributed by atoms with Crippen LogP contribution in [0.4, 0.5) is 0 Å². The van der Waals surface area contributed by atoms with Crippen molar-refractivity contribution in [3.63, 3.8) is 0 Å². The van der Waals surface area contributed by atoms with Crippen molar-refractivity contribution in [1.82, 2.24) is 9.47 Å². The van der Waals surface area contributed by atoms with Crippen molar-refractivity contribution in [2.45, 2.75) is 66.3 Å². The molecule has 0 spiro atoms. The highest BCUT2D eigenvalue weighted by atomic mass is 16.5. The van der Waals surface area contributed by atoms with Crippen LogP contribution >= 0.6 is 0 Å². The van der Waals surface area contributed by atoms with E-state index < -0.39 is 0 Å². The molecule has 0 radical (unpaired) electrons. The molecule has 130 valence electrons. The van der Waals surface area contributed by atoms with E-state index in [1.165, 1.54) is 11.1 Å². The average Bonchev–Trinajstić information content (AvgIpc) is 2.96. The van der Waals surface area contributed by atoms with Gasteiger partial charge in [0, 0.05) is 42.3 Å². The molecule has 1 aromatic carbocycles. The second-order valence-corrected chi connectivity index (χ2v) is 8.14. The molecule has 0 saturated heterocycles. The molecule has 0 unspecified atom stereocenters. The summed E-state index contributed by atoms with van der Waals surface area (Å²) in [6.07, 6.45) is -0.113.